The minimum atomic E-state index is 1.15. The van der Waals surface area contributed by atoms with E-state index in [2.05, 4.69) is 169 Å². The van der Waals surface area contributed by atoms with Crippen molar-refractivity contribution < 1.29 is 0 Å². The van der Waals surface area contributed by atoms with Gasteiger partial charge in [0.25, 0.3) is 0 Å². The van der Waals surface area contributed by atoms with E-state index >= 15 is 0 Å². The van der Waals surface area contributed by atoms with Crippen molar-refractivity contribution in [3.05, 3.63) is 151 Å². The molecule has 0 aliphatic rings. The fourth-order valence-corrected chi connectivity index (χ4v) is 10.7. The second-order valence-electron chi connectivity index (χ2n) is 12.8. The van der Waals surface area contributed by atoms with Crippen LogP contribution in [0.3, 0.4) is 0 Å². The number of fused-ring (bicyclic) bond motifs is 9. The second-order valence-corrected chi connectivity index (χ2v) is 16.0. The number of aryl methyl sites for hydroxylation is 1. The summed E-state index contributed by atoms with van der Waals surface area (Å²) in [4.78, 5) is 4.70. The minimum absolute atomic E-state index is 1.15. The molecule has 0 amide bonds. The van der Waals surface area contributed by atoms with Gasteiger partial charge in [-0.2, -0.15) is 0 Å². The quantitative estimate of drug-likeness (QED) is 0.178. The Hall–Kier alpha value is -5.20. The van der Waals surface area contributed by atoms with Crippen molar-refractivity contribution >= 4 is 123 Å². The molecule has 49 heavy (non-hydrogen) atoms. The van der Waals surface area contributed by atoms with Crippen molar-refractivity contribution in [2.45, 2.75) is 6.92 Å². The van der Waals surface area contributed by atoms with Crippen molar-refractivity contribution in [1.82, 2.24) is 0 Å². The number of hydrogen-bond donors (Lipinski definition) is 0. The van der Waals surface area contributed by atoms with Crippen molar-refractivity contribution in [2.24, 2.45) is 0 Å². The van der Waals surface area contributed by atoms with E-state index in [4.69, 9.17) is 0 Å². The van der Waals surface area contributed by atoms with Crippen LogP contribution in [-0.4, -0.2) is 7.05 Å². The van der Waals surface area contributed by atoms with Gasteiger partial charge in [-0.1, -0.05) is 66.7 Å². The zero-order chi connectivity index (χ0) is 32.6. The highest BCUT2D eigenvalue weighted by molar-refractivity contribution is 7.26. The molecule has 10 aromatic rings. The molecule has 0 aliphatic heterocycles. The Morgan fingerprint density at radius 2 is 0.816 bits per heavy atom. The second kappa shape index (κ2) is 11.2. The standard InChI is InChI=1S/C44H30N2S3/c1-27-12-17-34-36-19-14-31(25-43(36)48-41(34)22-27)46(28-8-4-3-5-9-28)32-15-20-37-35-18-13-30(24-42(35)49-44(37)26-32)45(2)29-16-21-40-38(23-29)33-10-6-7-11-39(33)47-40/h3-26H,1-2H3. The zero-order valence-electron chi connectivity index (χ0n) is 27.0. The molecule has 10 rings (SSSR count). The van der Waals surface area contributed by atoms with E-state index in [9.17, 15) is 0 Å². The molecule has 0 spiro atoms. The zero-order valence-corrected chi connectivity index (χ0v) is 29.4. The van der Waals surface area contributed by atoms with Gasteiger partial charge in [-0.05, 0) is 91.3 Å². The van der Waals surface area contributed by atoms with Gasteiger partial charge in [-0.25, -0.2) is 0 Å². The molecule has 0 bridgehead atoms. The molecular weight excluding hydrogens is 653 g/mol. The van der Waals surface area contributed by atoms with Crippen LogP contribution in [0, 0.1) is 6.92 Å². The number of para-hydroxylation sites is 1. The molecule has 7 aromatic carbocycles. The van der Waals surface area contributed by atoms with Gasteiger partial charge < -0.3 is 9.80 Å². The van der Waals surface area contributed by atoms with Crippen LogP contribution in [0.4, 0.5) is 28.4 Å². The van der Waals surface area contributed by atoms with E-state index in [0.717, 1.165) is 11.4 Å². The summed E-state index contributed by atoms with van der Waals surface area (Å²) in [6.45, 7) is 2.17. The average molecular weight is 683 g/mol. The largest absolute Gasteiger partial charge is 0.345 e. The first-order chi connectivity index (χ1) is 24.1. The van der Waals surface area contributed by atoms with E-state index in [1.165, 1.54) is 83.1 Å². The Labute approximate surface area is 296 Å². The van der Waals surface area contributed by atoms with Gasteiger partial charge in [0.05, 0.1) is 0 Å². The third-order valence-corrected chi connectivity index (χ3v) is 13.1. The number of benzene rings is 7. The first-order valence-corrected chi connectivity index (χ1v) is 18.9. The van der Waals surface area contributed by atoms with Crippen LogP contribution in [-0.2, 0) is 0 Å². The molecule has 5 heteroatoms. The van der Waals surface area contributed by atoms with E-state index in [1.54, 1.807) is 0 Å². The molecule has 0 aliphatic carbocycles. The maximum atomic E-state index is 2.39. The maximum absolute atomic E-state index is 2.39. The molecule has 0 N–H and O–H groups in total. The number of anilines is 5. The van der Waals surface area contributed by atoms with Gasteiger partial charge in [-0.15, -0.1) is 34.0 Å². The van der Waals surface area contributed by atoms with Crippen LogP contribution in [0.15, 0.2) is 146 Å². The van der Waals surface area contributed by atoms with Crippen molar-refractivity contribution in [2.75, 3.05) is 16.8 Å². The predicted molar refractivity (Wildman–Crippen MR) is 219 cm³/mol. The Morgan fingerprint density at radius 1 is 0.347 bits per heavy atom. The van der Waals surface area contributed by atoms with Crippen LogP contribution < -0.4 is 9.80 Å². The molecule has 0 radical (unpaired) electrons. The van der Waals surface area contributed by atoms with Gasteiger partial charge in [-0.3, -0.25) is 0 Å². The van der Waals surface area contributed by atoms with Gasteiger partial charge in [0, 0.05) is 96.0 Å². The maximum Gasteiger partial charge on any atom is 0.0476 e. The van der Waals surface area contributed by atoms with Gasteiger partial charge in [0.15, 0.2) is 0 Å². The summed E-state index contributed by atoms with van der Waals surface area (Å²) in [6.07, 6.45) is 0. The third-order valence-electron chi connectivity index (χ3n) is 9.72. The lowest BCUT2D eigenvalue weighted by atomic mass is 10.1. The molecular formula is C44H30N2S3. The molecule has 0 fully saturated rings. The molecule has 0 saturated carbocycles. The normalized spacial score (nSPS) is 11.9. The summed E-state index contributed by atoms with van der Waals surface area (Å²) >= 11 is 5.62. The van der Waals surface area contributed by atoms with Crippen LogP contribution in [0.2, 0.25) is 0 Å². The lowest BCUT2D eigenvalue weighted by Gasteiger charge is -2.25. The van der Waals surface area contributed by atoms with Gasteiger partial charge >= 0.3 is 0 Å². The number of thiophene rings is 3. The van der Waals surface area contributed by atoms with Crippen LogP contribution in [0.25, 0.3) is 60.5 Å². The van der Waals surface area contributed by atoms with Crippen LogP contribution >= 0.6 is 34.0 Å². The Morgan fingerprint density at radius 3 is 1.51 bits per heavy atom. The predicted octanol–water partition coefficient (Wildman–Crippen LogP) is 14.3. The van der Waals surface area contributed by atoms with Crippen molar-refractivity contribution in [3.63, 3.8) is 0 Å². The van der Waals surface area contributed by atoms with E-state index in [1.807, 2.05) is 34.0 Å². The molecule has 234 valence electrons. The van der Waals surface area contributed by atoms with Crippen LogP contribution in [0.1, 0.15) is 5.56 Å². The molecule has 0 unspecified atom stereocenters. The van der Waals surface area contributed by atoms with Crippen molar-refractivity contribution in [3.8, 4) is 0 Å². The van der Waals surface area contributed by atoms with E-state index < -0.39 is 0 Å². The average Bonchev–Trinajstić information content (AvgIpc) is 3.81. The molecule has 3 heterocycles. The highest BCUT2D eigenvalue weighted by atomic mass is 32.1. The molecule has 3 aromatic heterocycles. The topological polar surface area (TPSA) is 6.48 Å². The Bertz CT molecular complexity index is 2880. The fraction of sp³-hybridized carbons (Fsp3) is 0.0455. The third kappa shape index (κ3) is 4.72. The number of rotatable bonds is 5. The lowest BCUT2D eigenvalue weighted by Crippen LogP contribution is -2.09. The lowest BCUT2D eigenvalue weighted by molar-refractivity contribution is 1.22. The molecule has 0 atom stereocenters. The molecule has 0 saturated heterocycles. The van der Waals surface area contributed by atoms with Crippen molar-refractivity contribution in [1.29, 1.82) is 0 Å². The van der Waals surface area contributed by atoms with E-state index in [-0.39, 0.29) is 0 Å². The van der Waals surface area contributed by atoms with Crippen LogP contribution in [0.5, 0.6) is 0 Å². The first-order valence-electron chi connectivity index (χ1n) is 16.5. The number of hydrogen-bond acceptors (Lipinski definition) is 5. The highest BCUT2D eigenvalue weighted by Crippen LogP contribution is 2.44. The summed E-state index contributed by atoms with van der Waals surface area (Å²) in [5.41, 5.74) is 7.17. The molecule has 2 nitrogen and oxygen atoms in total. The Balaban J connectivity index is 1.05. The monoisotopic (exact) mass is 682 g/mol. The summed E-state index contributed by atoms with van der Waals surface area (Å²) in [7, 11) is 2.18. The number of nitrogens with zero attached hydrogens (tertiary/aromatic N) is 2. The summed E-state index contributed by atoms with van der Waals surface area (Å²) in [5, 5.41) is 7.91. The minimum Gasteiger partial charge on any atom is -0.345 e. The first kappa shape index (κ1) is 28.8. The highest BCUT2D eigenvalue weighted by Gasteiger charge is 2.17. The smallest absolute Gasteiger partial charge is 0.0476 e. The van der Waals surface area contributed by atoms with Gasteiger partial charge in [0.1, 0.15) is 0 Å². The van der Waals surface area contributed by atoms with E-state index in [0.29, 0.717) is 0 Å². The Kier molecular flexibility index (Phi) is 6.56. The van der Waals surface area contributed by atoms with Gasteiger partial charge in [0.2, 0.25) is 0 Å². The fourth-order valence-electron chi connectivity index (χ4n) is 7.21. The summed E-state index contributed by atoms with van der Waals surface area (Å²) in [6, 6.07) is 53.9. The SMILES string of the molecule is Cc1ccc2c(c1)sc1cc(N(c3ccccc3)c3ccc4c(c3)sc3cc(N(C)c5ccc6sc7ccccc7c6c5)ccc34)ccc12. The summed E-state index contributed by atoms with van der Waals surface area (Å²) < 4.78 is 7.91. The summed E-state index contributed by atoms with van der Waals surface area (Å²) in [5.74, 6) is 0.